The van der Waals surface area contributed by atoms with Crippen molar-refractivity contribution in [2.75, 3.05) is 18.0 Å². The van der Waals surface area contributed by atoms with Gasteiger partial charge in [-0.2, -0.15) is 13.2 Å². The number of aromatic amines is 1. The van der Waals surface area contributed by atoms with Crippen molar-refractivity contribution in [1.82, 2.24) is 9.97 Å². The van der Waals surface area contributed by atoms with Crippen molar-refractivity contribution in [3.63, 3.8) is 0 Å². The van der Waals surface area contributed by atoms with Gasteiger partial charge in [-0.3, -0.25) is 10.1 Å². The molecule has 0 radical (unpaired) electrons. The van der Waals surface area contributed by atoms with E-state index in [1.54, 1.807) is 6.07 Å². The molecule has 3 rings (SSSR count). The number of nitro groups is 1. The summed E-state index contributed by atoms with van der Waals surface area (Å²) in [5.41, 5.74) is 0.951. The molecule has 9 heteroatoms. The molecule has 25 heavy (non-hydrogen) atoms. The number of nitrogens with one attached hydrogen (secondary N) is 1. The van der Waals surface area contributed by atoms with Crippen LogP contribution < -0.4 is 4.90 Å². The molecule has 0 unspecified atom stereocenters. The van der Waals surface area contributed by atoms with Gasteiger partial charge in [0.15, 0.2) is 0 Å². The number of aryl methyl sites for hydroxylation is 1. The van der Waals surface area contributed by atoms with Gasteiger partial charge in [0.2, 0.25) is 0 Å². The number of nitro benzene ring substituents is 1. The average molecular weight is 354 g/mol. The van der Waals surface area contributed by atoms with Crippen molar-refractivity contribution in [2.45, 2.75) is 31.9 Å². The molecule has 1 aliphatic heterocycles. The van der Waals surface area contributed by atoms with Gasteiger partial charge < -0.3 is 9.88 Å². The first-order valence-electron chi connectivity index (χ1n) is 7.88. The molecular weight excluding hydrogens is 337 g/mol. The number of alkyl halides is 3. The lowest BCUT2D eigenvalue weighted by Gasteiger charge is -2.33. The van der Waals surface area contributed by atoms with Gasteiger partial charge in [-0.15, -0.1) is 0 Å². The molecule has 2 heterocycles. The van der Waals surface area contributed by atoms with E-state index in [1.807, 2.05) is 6.92 Å². The maximum atomic E-state index is 12.7. The van der Waals surface area contributed by atoms with Crippen molar-refractivity contribution in [3.8, 4) is 0 Å². The molecule has 6 nitrogen and oxygen atoms in total. The van der Waals surface area contributed by atoms with Gasteiger partial charge in [0.05, 0.1) is 11.1 Å². The zero-order valence-corrected chi connectivity index (χ0v) is 13.5. The molecule has 1 N–H and O–H groups in total. The quantitative estimate of drug-likeness (QED) is 0.667. The first kappa shape index (κ1) is 17.2. The Kier molecular flexibility index (Phi) is 4.40. The lowest BCUT2D eigenvalue weighted by atomic mass is 9.95. The van der Waals surface area contributed by atoms with E-state index in [4.69, 9.17) is 0 Å². The van der Waals surface area contributed by atoms with E-state index in [0.29, 0.717) is 31.8 Å². The topological polar surface area (TPSA) is 75.1 Å². The SMILES string of the molecule is Cc1cc([N+](=O)[O-])ccc1N1CCC(c2ncc(C(F)(F)F)[nH]2)CC1. The van der Waals surface area contributed by atoms with Crippen molar-refractivity contribution >= 4 is 11.4 Å². The summed E-state index contributed by atoms with van der Waals surface area (Å²) in [7, 11) is 0. The molecule has 0 saturated carbocycles. The fourth-order valence-electron chi connectivity index (χ4n) is 3.19. The second kappa shape index (κ2) is 6.38. The van der Waals surface area contributed by atoms with Gasteiger partial charge >= 0.3 is 6.18 Å². The standard InChI is InChI=1S/C16H17F3N4O2/c1-10-8-12(23(24)25)2-3-13(10)22-6-4-11(5-7-22)15-20-9-14(21-15)16(17,18)19/h2-3,8-9,11H,4-7H2,1H3,(H,20,21). The van der Waals surface area contributed by atoms with Crippen LogP contribution >= 0.6 is 0 Å². The van der Waals surface area contributed by atoms with Crippen molar-refractivity contribution in [1.29, 1.82) is 0 Å². The summed E-state index contributed by atoms with van der Waals surface area (Å²) in [6.07, 6.45) is -2.24. The van der Waals surface area contributed by atoms with Gasteiger partial charge in [-0.1, -0.05) is 0 Å². The van der Waals surface area contributed by atoms with Gasteiger partial charge in [0.25, 0.3) is 5.69 Å². The monoisotopic (exact) mass is 354 g/mol. The van der Waals surface area contributed by atoms with Crippen molar-refractivity contribution in [3.05, 3.63) is 51.6 Å². The third-order valence-electron chi connectivity index (χ3n) is 4.51. The Morgan fingerprint density at radius 3 is 2.52 bits per heavy atom. The number of anilines is 1. The Morgan fingerprint density at radius 2 is 2.00 bits per heavy atom. The highest BCUT2D eigenvalue weighted by Crippen LogP contribution is 2.34. The maximum Gasteiger partial charge on any atom is 0.432 e. The predicted molar refractivity (Wildman–Crippen MR) is 85.6 cm³/mol. The molecule has 0 bridgehead atoms. The highest BCUT2D eigenvalue weighted by Gasteiger charge is 2.34. The van der Waals surface area contributed by atoms with Crippen molar-refractivity contribution in [2.24, 2.45) is 0 Å². The van der Waals surface area contributed by atoms with Crippen LogP contribution in [0.2, 0.25) is 0 Å². The summed E-state index contributed by atoms with van der Waals surface area (Å²) in [6, 6.07) is 4.72. The molecule has 1 aromatic heterocycles. The van der Waals surface area contributed by atoms with Crippen LogP contribution in [-0.4, -0.2) is 28.0 Å². The maximum absolute atomic E-state index is 12.7. The lowest BCUT2D eigenvalue weighted by molar-refractivity contribution is -0.384. The average Bonchev–Trinajstić information content (AvgIpc) is 3.05. The van der Waals surface area contributed by atoms with E-state index in [-0.39, 0.29) is 11.6 Å². The van der Waals surface area contributed by atoms with Crippen LogP contribution in [0.15, 0.2) is 24.4 Å². The molecule has 1 aliphatic rings. The Balaban J connectivity index is 1.68. The van der Waals surface area contributed by atoms with E-state index in [0.717, 1.165) is 17.4 Å². The number of hydrogen-bond acceptors (Lipinski definition) is 4. The zero-order valence-electron chi connectivity index (χ0n) is 13.5. The van der Waals surface area contributed by atoms with E-state index in [2.05, 4.69) is 14.9 Å². The van der Waals surface area contributed by atoms with Crippen LogP contribution in [0.5, 0.6) is 0 Å². The summed E-state index contributed by atoms with van der Waals surface area (Å²) in [5.74, 6) is 0.318. The first-order valence-corrected chi connectivity index (χ1v) is 7.88. The second-order valence-electron chi connectivity index (χ2n) is 6.17. The third kappa shape index (κ3) is 3.59. The molecule has 1 fully saturated rings. The smallest absolute Gasteiger partial charge is 0.371 e. The number of non-ortho nitro benzene ring substituents is 1. The largest absolute Gasteiger partial charge is 0.432 e. The van der Waals surface area contributed by atoms with E-state index in [1.165, 1.54) is 12.1 Å². The number of hydrogen-bond donors (Lipinski definition) is 1. The molecule has 2 aromatic rings. The van der Waals surface area contributed by atoms with E-state index in [9.17, 15) is 23.3 Å². The predicted octanol–water partition coefficient (Wildman–Crippen LogP) is 4.03. The normalized spacial score (nSPS) is 16.2. The number of aromatic nitrogens is 2. The van der Waals surface area contributed by atoms with Crippen LogP contribution in [-0.2, 0) is 6.18 Å². The highest BCUT2D eigenvalue weighted by molar-refractivity contribution is 5.57. The highest BCUT2D eigenvalue weighted by atomic mass is 19.4. The fourth-order valence-corrected chi connectivity index (χ4v) is 3.19. The Labute approximate surface area is 141 Å². The number of nitrogens with zero attached hydrogens (tertiary/aromatic N) is 3. The number of halogens is 3. The molecule has 0 aliphatic carbocycles. The van der Waals surface area contributed by atoms with Gasteiger partial charge in [0.1, 0.15) is 11.5 Å². The second-order valence-corrected chi connectivity index (χ2v) is 6.17. The molecule has 0 amide bonds. The van der Waals surface area contributed by atoms with E-state index >= 15 is 0 Å². The number of benzene rings is 1. The Hall–Kier alpha value is -2.58. The first-order chi connectivity index (χ1) is 11.8. The van der Waals surface area contributed by atoms with Crippen molar-refractivity contribution < 1.29 is 18.1 Å². The molecule has 1 saturated heterocycles. The summed E-state index contributed by atoms with van der Waals surface area (Å²) in [5, 5.41) is 10.8. The summed E-state index contributed by atoms with van der Waals surface area (Å²) >= 11 is 0. The summed E-state index contributed by atoms with van der Waals surface area (Å²) in [6.45, 7) is 3.13. The van der Waals surface area contributed by atoms with Crippen LogP contribution in [0, 0.1) is 17.0 Å². The minimum absolute atomic E-state index is 0.0476. The molecule has 0 spiro atoms. The summed E-state index contributed by atoms with van der Waals surface area (Å²) < 4.78 is 38.0. The van der Waals surface area contributed by atoms with Gasteiger partial charge in [-0.05, 0) is 31.4 Å². The van der Waals surface area contributed by atoms with Crippen LogP contribution in [0.1, 0.15) is 35.8 Å². The molecule has 0 atom stereocenters. The number of imidazole rings is 1. The minimum atomic E-state index is -4.41. The molecule has 134 valence electrons. The van der Waals surface area contributed by atoms with Gasteiger partial charge in [0, 0.05) is 36.8 Å². The molecular formula is C16H17F3N4O2. The number of rotatable bonds is 3. The number of H-pyrrole nitrogens is 1. The zero-order chi connectivity index (χ0) is 18.2. The minimum Gasteiger partial charge on any atom is -0.371 e. The lowest BCUT2D eigenvalue weighted by Crippen LogP contribution is -2.33. The third-order valence-corrected chi connectivity index (χ3v) is 4.51. The van der Waals surface area contributed by atoms with Gasteiger partial charge in [-0.25, -0.2) is 4.98 Å². The van der Waals surface area contributed by atoms with Crippen LogP contribution in [0.4, 0.5) is 24.5 Å². The Bertz CT molecular complexity index is 780. The fraction of sp³-hybridized carbons (Fsp3) is 0.438. The van der Waals surface area contributed by atoms with Crippen LogP contribution in [0.25, 0.3) is 0 Å². The summed E-state index contributed by atoms with van der Waals surface area (Å²) in [4.78, 5) is 18.7. The molecule has 1 aromatic carbocycles. The van der Waals surface area contributed by atoms with Crippen LogP contribution in [0.3, 0.4) is 0 Å². The Morgan fingerprint density at radius 1 is 1.32 bits per heavy atom. The number of piperidine rings is 1. The van der Waals surface area contributed by atoms with E-state index < -0.39 is 16.8 Å².